The maximum atomic E-state index is 12.7. The highest BCUT2D eigenvalue weighted by Gasteiger charge is 2.26. The van der Waals surface area contributed by atoms with E-state index in [1.165, 1.54) is 29.6 Å². The van der Waals surface area contributed by atoms with Gasteiger partial charge < -0.3 is 15.8 Å². The van der Waals surface area contributed by atoms with Crippen molar-refractivity contribution in [3.63, 3.8) is 0 Å². The molecule has 0 spiro atoms. The Balaban J connectivity index is 1.98. The van der Waals surface area contributed by atoms with E-state index in [-0.39, 0.29) is 11.5 Å². The number of rotatable bonds is 6. The van der Waals surface area contributed by atoms with Crippen molar-refractivity contribution < 1.29 is 19.1 Å². The third-order valence-corrected chi connectivity index (χ3v) is 5.50. The Morgan fingerprint density at radius 3 is 2.44 bits per heavy atom. The number of hydrogen-bond acceptors (Lipinski definition) is 6. The van der Waals surface area contributed by atoms with Crippen LogP contribution < -0.4 is 11.1 Å². The number of ether oxygens (including phenoxy) is 1. The van der Waals surface area contributed by atoms with E-state index in [0.717, 1.165) is 5.56 Å². The first kappa shape index (κ1) is 18.8. The lowest BCUT2D eigenvalue weighted by Crippen LogP contribution is -2.30. The molecule has 1 aromatic carbocycles. The van der Waals surface area contributed by atoms with Crippen molar-refractivity contribution in [3.05, 3.63) is 63.7 Å². The van der Waals surface area contributed by atoms with Gasteiger partial charge in [0.1, 0.15) is 10.6 Å². The zero-order valence-corrected chi connectivity index (χ0v) is 15.9. The summed E-state index contributed by atoms with van der Waals surface area (Å²) >= 11 is 2.51. The number of carbonyl (C=O) groups is 3. The minimum atomic E-state index is -1.08. The van der Waals surface area contributed by atoms with Crippen molar-refractivity contribution in [2.75, 3.05) is 5.32 Å². The molecule has 0 saturated heterocycles. The Morgan fingerprint density at radius 2 is 1.81 bits per heavy atom. The first-order valence-electron chi connectivity index (χ1n) is 7.99. The van der Waals surface area contributed by atoms with Crippen molar-refractivity contribution in [1.82, 2.24) is 0 Å². The lowest BCUT2D eigenvalue weighted by atomic mass is 10.0. The fraction of sp³-hybridized carbons (Fsp3) is 0.105. The standard InChI is InChI=1S/C19H16N2O4S2/c1-11(16(20)22)25-19(24)15-13(12-6-3-2-4-7-12)10-27-18(15)21-17(23)14-8-5-9-26-14/h2-11H,1H3,(H2,20,22)(H,21,23)/t11-/m1/s1. The highest BCUT2D eigenvalue weighted by Crippen LogP contribution is 2.36. The van der Waals surface area contributed by atoms with Crippen LogP contribution in [0.5, 0.6) is 0 Å². The first-order valence-corrected chi connectivity index (χ1v) is 9.75. The van der Waals surface area contributed by atoms with Crippen LogP contribution in [0.1, 0.15) is 27.0 Å². The molecule has 0 aliphatic heterocycles. The molecule has 2 heterocycles. The van der Waals surface area contributed by atoms with Gasteiger partial charge in [0.2, 0.25) is 0 Å². The minimum Gasteiger partial charge on any atom is -0.449 e. The SMILES string of the molecule is C[C@@H](OC(=O)c1c(-c2ccccc2)csc1NC(=O)c1cccs1)C(N)=O. The second kappa shape index (κ2) is 8.15. The molecule has 6 nitrogen and oxygen atoms in total. The van der Waals surface area contributed by atoms with Crippen LogP contribution in [0.15, 0.2) is 53.2 Å². The van der Waals surface area contributed by atoms with Crippen molar-refractivity contribution in [2.45, 2.75) is 13.0 Å². The molecule has 27 heavy (non-hydrogen) atoms. The van der Waals surface area contributed by atoms with Crippen LogP contribution in [-0.2, 0) is 9.53 Å². The summed E-state index contributed by atoms with van der Waals surface area (Å²) in [5.74, 6) is -1.78. The van der Waals surface area contributed by atoms with Gasteiger partial charge in [-0.15, -0.1) is 22.7 Å². The van der Waals surface area contributed by atoms with Crippen molar-refractivity contribution in [2.24, 2.45) is 5.73 Å². The summed E-state index contributed by atoms with van der Waals surface area (Å²) in [4.78, 5) is 36.9. The molecule has 8 heteroatoms. The predicted molar refractivity (Wildman–Crippen MR) is 106 cm³/mol. The Labute approximate surface area is 163 Å². The summed E-state index contributed by atoms with van der Waals surface area (Å²) in [6, 6.07) is 12.7. The van der Waals surface area contributed by atoms with Gasteiger partial charge in [-0.05, 0) is 23.9 Å². The molecule has 0 saturated carbocycles. The van der Waals surface area contributed by atoms with Crippen LogP contribution in [0.4, 0.5) is 5.00 Å². The third-order valence-electron chi connectivity index (χ3n) is 3.74. The van der Waals surface area contributed by atoms with E-state index in [4.69, 9.17) is 10.5 Å². The maximum absolute atomic E-state index is 12.7. The highest BCUT2D eigenvalue weighted by atomic mass is 32.1. The number of nitrogens with two attached hydrogens (primary N) is 1. The molecule has 138 valence electrons. The molecule has 0 aliphatic rings. The van der Waals surface area contributed by atoms with Gasteiger partial charge in [0.15, 0.2) is 6.10 Å². The quantitative estimate of drug-likeness (QED) is 0.616. The molecule has 0 radical (unpaired) electrons. The minimum absolute atomic E-state index is 0.198. The van der Waals surface area contributed by atoms with Gasteiger partial charge in [-0.3, -0.25) is 9.59 Å². The van der Waals surface area contributed by atoms with Crippen LogP contribution >= 0.6 is 22.7 Å². The zero-order chi connectivity index (χ0) is 19.4. The van der Waals surface area contributed by atoms with E-state index in [2.05, 4.69) is 5.32 Å². The number of thiophene rings is 2. The van der Waals surface area contributed by atoms with Gasteiger partial charge in [-0.25, -0.2) is 4.79 Å². The second-order valence-corrected chi connectivity index (χ2v) is 7.43. The normalized spacial score (nSPS) is 11.6. The van der Waals surface area contributed by atoms with Crippen LogP contribution in [0.25, 0.3) is 11.1 Å². The van der Waals surface area contributed by atoms with E-state index in [1.807, 2.05) is 30.3 Å². The van der Waals surface area contributed by atoms with Gasteiger partial charge in [-0.2, -0.15) is 0 Å². The van der Waals surface area contributed by atoms with E-state index in [1.54, 1.807) is 22.9 Å². The van der Waals surface area contributed by atoms with Gasteiger partial charge in [0.05, 0.1) is 4.88 Å². The van der Waals surface area contributed by atoms with Crippen LogP contribution in [0.2, 0.25) is 0 Å². The van der Waals surface area contributed by atoms with Crippen molar-refractivity contribution in [1.29, 1.82) is 0 Å². The summed E-state index contributed by atoms with van der Waals surface area (Å²) in [5, 5.41) is 6.68. The van der Waals surface area contributed by atoms with Crippen molar-refractivity contribution >= 4 is 45.5 Å². The first-order chi connectivity index (χ1) is 13.0. The van der Waals surface area contributed by atoms with Gasteiger partial charge in [0.25, 0.3) is 11.8 Å². The summed E-state index contributed by atoms with van der Waals surface area (Å²) in [5.41, 5.74) is 6.80. The molecule has 0 fully saturated rings. The summed E-state index contributed by atoms with van der Waals surface area (Å²) in [6.07, 6.45) is -1.08. The van der Waals surface area contributed by atoms with Gasteiger partial charge in [-0.1, -0.05) is 36.4 Å². The molecule has 0 aliphatic carbocycles. The number of anilines is 1. The number of nitrogens with one attached hydrogen (secondary N) is 1. The number of carbonyl (C=O) groups excluding carboxylic acids is 3. The summed E-state index contributed by atoms with van der Waals surface area (Å²) < 4.78 is 5.18. The molecular weight excluding hydrogens is 384 g/mol. The number of esters is 1. The number of amides is 2. The highest BCUT2D eigenvalue weighted by molar-refractivity contribution is 7.15. The smallest absolute Gasteiger partial charge is 0.342 e. The number of primary amides is 1. The third kappa shape index (κ3) is 4.24. The molecule has 2 aromatic heterocycles. The molecule has 3 N–H and O–H groups in total. The molecule has 3 rings (SSSR count). The van der Waals surface area contributed by atoms with Gasteiger partial charge >= 0.3 is 5.97 Å². The van der Waals surface area contributed by atoms with E-state index in [9.17, 15) is 14.4 Å². The predicted octanol–water partition coefficient (Wildman–Crippen LogP) is 3.76. The maximum Gasteiger partial charge on any atom is 0.342 e. The average molecular weight is 400 g/mol. The van der Waals surface area contributed by atoms with Crippen LogP contribution in [-0.4, -0.2) is 23.9 Å². The molecule has 0 bridgehead atoms. The van der Waals surface area contributed by atoms with E-state index in [0.29, 0.717) is 15.4 Å². The summed E-state index contributed by atoms with van der Waals surface area (Å²) in [7, 11) is 0. The summed E-state index contributed by atoms with van der Waals surface area (Å²) in [6.45, 7) is 1.40. The topological polar surface area (TPSA) is 98.5 Å². The lowest BCUT2D eigenvalue weighted by molar-refractivity contribution is -0.125. The molecule has 2 amide bonds. The lowest BCUT2D eigenvalue weighted by Gasteiger charge is -2.12. The molecule has 0 unspecified atom stereocenters. The monoisotopic (exact) mass is 400 g/mol. The Kier molecular flexibility index (Phi) is 5.68. The average Bonchev–Trinajstić information content (AvgIpc) is 3.32. The molecular formula is C19H16N2O4S2. The number of hydrogen-bond donors (Lipinski definition) is 2. The second-order valence-electron chi connectivity index (χ2n) is 5.60. The fourth-order valence-corrected chi connectivity index (χ4v) is 3.90. The number of benzene rings is 1. The molecule has 3 aromatic rings. The van der Waals surface area contributed by atoms with Crippen LogP contribution in [0.3, 0.4) is 0 Å². The van der Waals surface area contributed by atoms with Gasteiger partial charge in [0, 0.05) is 10.9 Å². The van der Waals surface area contributed by atoms with Crippen LogP contribution in [0, 0.1) is 0 Å². The molecule has 1 atom stereocenters. The van der Waals surface area contributed by atoms with E-state index < -0.39 is 18.0 Å². The Morgan fingerprint density at radius 1 is 1.07 bits per heavy atom. The van der Waals surface area contributed by atoms with E-state index >= 15 is 0 Å². The van der Waals surface area contributed by atoms with Crippen molar-refractivity contribution in [3.8, 4) is 11.1 Å². The zero-order valence-electron chi connectivity index (χ0n) is 14.3. The Hall–Kier alpha value is -2.97. The Bertz CT molecular complexity index is 965. The largest absolute Gasteiger partial charge is 0.449 e. The fourth-order valence-electron chi connectivity index (χ4n) is 2.33.